The fourth-order valence-electron chi connectivity index (χ4n) is 2.31. The average molecular weight is 277 g/mol. The second-order valence-electron chi connectivity index (χ2n) is 6.05. The van der Waals surface area contributed by atoms with E-state index in [0.29, 0.717) is 0 Å². The number of carbonyl (C=O) groups is 1. The molecule has 1 N–H and O–H groups in total. The van der Waals surface area contributed by atoms with Crippen LogP contribution in [-0.4, -0.2) is 34.7 Å². The predicted octanol–water partition coefficient (Wildman–Crippen LogP) is 2.70. The van der Waals surface area contributed by atoms with Gasteiger partial charge in [-0.3, -0.25) is 9.88 Å². The quantitative estimate of drug-likeness (QED) is 0.923. The summed E-state index contributed by atoms with van der Waals surface area (Å²) in [6.45, 7) is 7.52. The van der Waals surface area contributed by atoms with Gasteiger partial charge in [0.1, 0.15) is 11.8 Å². The molecule has 5 nitrogen and oxygen atoms in total. The van der Waals surface area contributed by atoms with E-state index in [1.54, 1.807) is 6.20 Å². The first kappa shape index (κ1) is 14.8. The molecule has 1 fully saturated rings. The van der Waals surface area contributed by atoms with Crippen molar-refractivity contribution in [2.75, 3.05) is 13.1 Å². The summed E-state index contributed by atoms with van der Waals surface area (Å²) < 4.78 is 5.34. The van der Waals surface area contributed by atoms with Crippen LogP contribution in [0.4, 0.5) is 4.79 Å². The molecule has 1 aliphatic heterocycles. The summed E-state index contributed by atoms with van der Waals surface area (Å²) in [7, 11) is 0. The average Bonchev–Trinajstić information content (AvgIpc) is 2.88. The lowest BCUT2D eigenvalue weighted by Crippen LogP contribution is -2.42. The zero-order chi connectivity index (χ0) is 14.6. The molecule has 1 aromatic heterocycles. The van der Waals surface area contributed by atoms with Gasteiger partial charge in [0.2, 0.25) is 0 Å². The second kappa shape index (κ2) is 6.22. The van der Waals surface area contributed by atoms with Crippen LogP contribution in [0.3, 0.4) is 0 Å². The zero-order valence-electron chi connectivity index (χ0n) is 12.4. The van der Waals surface area contributed by atoms with E-state index in [4.69, 9.17) is 4.74 Å². The minimum absolute atomic E-state index is 0.214. The fraction of sp³-hybridized carbons (Fsp3) is 0.600. The lowest BCUT2D eigenvalue weighted by Gasteiger charge is -2.29. The van der Waals surface area contributed by atoms with Gasteiger partial charge in [0.25, 0.3) is 0 Å². The Balaban J connectivity index is 2.09. The first-order valence-electron chi connectivity index (χ1n) is 7.10. The smallest absolute Gasteiger partial charge is 0.409 e. The molecule has 1 amide bonds. The van der Waals surface area contributed by atoms with Gasteiger partial charge in [-0.1, -0.05) is 6.07 Å². The monoisotopic (exact) mass is 277 g/mol. The Morgan fingerprint density at radius 2 is 2.05 bits per heavy atom. The molecule has 0 aliphatic carbocycles. The first-order valence-corrected chi connectivity index (χ1v) is 7.10. The summed E-state index contributed by atoms with van der Waals surface area (Å²) in [6, 6.07) is 5.74. The number of amides is 1. The van der Waals surface area contributed by atoms with E-state index in [0.717, 1.165) is 31.6 Å². The van der Waals surface area contributed by atoms with Crippen molar-refractivity contribution in [3.05, 3.63) is 30.1 Å². The van der Waals surface area contributed by atoms with Crippen LogP contribution in [-0.2, 0) is 4.74 Å². The minimum Gasteiger partial charge on any atom is -0.444 e. The largest absolute Gasteiger partial charge is 0.444 e. The van der Waals surface area contributed by atoms with Crippen LogP contribution in [0.1, 0.15) is 45.5 Å². The Hall–Kier alpha value is -1.62. The van der Waals surface area contributed by atoms with Gasteiger partial charge in [-0.05, 0) is 45.7 Å². The number of nitrogens with one attached hydrogen (secondary N) is 1. The summed E-state index contributed by atoms with van der Waals surface area (Å²) in [6.07, 6.45) is 3.43. The first-order chi connectivity index (χ1) is 9.46. The van der Waals surface area contributed by atoms with Crippen molar-refractivity contribution in [3.8, 4) is 0 Å². The standard InChI is InChI=1S/C15H23N3O2/c1-15(2,3)20-14(19)17-13(18-10-6-7-11-18)12-8-4-5-9-16-12/h4-5,8-9,13H,6-7,10-11H2,1-3H3,(H,17,19). The van der Waals surface area contributed by atoms with Crippen LogP contribution in [0.2, 0.25) is 0 Å². The summed E-state index contributed by atoms with van der Waals surface area (Å²) in [5, 5.41) is 2.93. The molecule has 5 heteroatoms. The molecule has 0 saturated carbocycles. The SMILES string of the molecule is CC(C)(C)OC(=O)NC(c1ccccn1)N1CCCC1. The molecule has 0 spiro atoms. The highest BCUT2D eigenvalue weighted by atomic mass is 16.6. The summed E-state index contributed by atoms with van der Waals surface area (Å²) >= 11 is 0. The third-order valence-corrected chi connectivity index (χ3v) is 3.13. The Morgan fingerprint density at radius 1 is 1.35 bits per heavy atom. The van der Waals surface area contributed by atoms with Crippen molar-refractivity contribution >= 4 is 6.09 Å². The van der Waals surface area contributed by atoms with E-state index in [9.17, 15) is 4.79 Å². The highest BCUT2D eigenvalue weighted by Crippen LogP contribution is 2.21. The fourth-order valence-corrected chi connectivity index (χ4v) is 2.31. The van der Waals surface area contributed by atoms with Gasteiger partial charge in [0.15, 0.2) is 0 Å². The number of ether oxygens (including phenoxy) is 1. The molecule has 0 bridgehead atoms. The Kier molecular flexibility index (Phi) is 4.60. The van der Waals surface area contributed by atoms with Crippen molar-refractivity contribution in [2.45, 2.75) is 45.4 Å². The number of hydrogen-bond donors (Lipinski definition) is 1. The number of pyridine rings is 1. The van der Waals surface area contributed by atoms with E-state index < -0.39 is 11.7 Å². The van der Waals surface area contributed by atoms with Gasteiger partial charge < -0.3 is 10.1 Å². The molecular formula is C15H23N3O2. The van der Waals surface area contributed by atoms with Crippen molar-refractivity contribution < 1.29 is 9.53 Å². The maximum absolute atomic E-state index is 12.0. The Morgan fingerprint density at radius 3 is 2.60 bits per heavy atom. The van der Waals surface area contributed by atoms with Crippen LogP contribution in [0.15, 0.2) is 24.4 Å². The van der Waals surface area contributed by atoms with E-state index >= 15 is 0 Å². The number of hydrogen-bond acceptors (Lipinski definition) is 4. The molecule has 1 aromatic rings. The van der Waals surface area contributed by atoms with Crippen molar-refractivity contribution in [3.63, 3.8) is 0 Å². The Bertz CT molecular complexity index is 436. The topological polar surface area (TPSA) is 54.5 Å². The maximum Gasteiger partial charge on any atom is 0.409 e. The summed E-state index contributed by atoms with van der Waals surface area (Å²) in [4.78, 5) is 18.6. The predicted molar refractivity (Wildman–Crippen MR) is 77.2 cm³/mol. The minimum atomic E-state index is -0.496. The number of alkyl carbamates (subject to hydrolysis) is 1. The van der Waals surface area contributed by atoms with Gasteiger partial charge in [0.05, 0.1) is 5.69 Å². The van der Waals surface area contributed by atoms with Gasteiger partial charge in [0, 0.05) is 19.3 Å². The molecular weight excluding hydrogens is 254 g/mol. The molecule has 1 saturated heterocycles. The molecule has 110 valence electrons. The van der Waals surface area contributed by atoms with Gasteiger partial charge in [-0.15, -0.1) is 0 Å². The summed E-state index contributed by atoms with van der Waals surface area (Å²) in [5.41, 5.74) is 0.351. The lowest BCUT2D eigenvalue weighted by atomic mass is 10.2. The van der Waals surface area contributed by atoms with Crippen LogP contribution in [0.25, 0.3) is 0 Å². The van der Waals surface area contributed by atoms with E-state index in [2.05, 4.69) is 15.2 Å². The van der Waals surface area contributed by atoms with Crippen LogP contribution >= 0.6 is 0 Å². The highest BCUT2D eigenvalue weighted by Gasteiger charge is 2.27. The molecule has 0 aromatic carbocycles. The molecule has 0 radical (unpaired) electrons. The van der Waals surface area contributed by atoms with Crippen molar-refractivity contribution in [2.24, 2.45) is 0 Å². The summed E-state index contributed by atoms with van der Waals surface area (Å²) in [5.74, 6) is 0. The number of nitrogens with zero attached hydrogens (tertiary/aromatic N) is 2. The molecule has 2 heterocycles. The third-order valence-electron chi connectivity index (χ3n) is 3.13. The van der Waals surface area contributed by atoms with E-state index in [1.807, 2.05) is 39.0 Å². The maximum atomic E-state index is 12.0. The van der Waals surface area contributed by atoms with E-state index in [1.165, 1.54) is 0 Å². The molecule has 1 atom stereocenters. The number of likely N-dealkylation sites (tertiary alicyclic amines) is 1. The Labute approximate surface area is 120 Å². The molecule has 1 unspecified atom stereocenters. The van der Waals surface area contributed by atoms with Gasteiger partial charge in [-0.2, -0.15) is 0 Å². The van der Waals surface area contributed by atoms with Crippen LogP contribution in [0, 0.1) is 0 Å². The number of aromatic nitrogens is 1. The van der Waals surface area contributed by atoms with Gasteiger partial charge in [-0.25, -0.2) is 4.79 Å². The second-order valence-corrected chi connectivity index (χ2v) is 6.05. The number of carbonyl (C=O) groups excluding carboxylic acids is 1. The molecule has 1 aliphatic rings. The van der Waals surface area contributed by atoms with Crippen LogP contribution in [0.5, 0.6) is 0 Å². The third kappa shape index (κ3) is 4.20. The zero-order valence-corrected chi connectivity index (χ0v) is 12.4. The van der Waals surface area contributed by atoms with Crippen LogP contribution < -0.4 is 5.32 Å². The highest BCUT2D eigenvalue weighted by molar-refractivity contribution is 5.68. The molecule has 20 heavy (non-hydrogen) atoms. The number of rotatable bonds is 3. The van der Waals surface area contributed by atoms with Gasteiger partial charge >= 0.3 is 6.09 Å². The lowest BCUT2D eigenvalue weighted by molar-refractivity contribution is 0.0429. The van der Waals surface area contributed by atoms with Crippen molar-refractivity contribution in [1.29, 1.82) is 0 Å². The normalized spacial score (nSPS) is 17.8. The van der Waals surface area contributed by atoms with E-state index in [-0.39, 0.29) is 6.17 Å². The van der Waals surface area contributed by atoms with Crippen molar-refractivity contribution in [1.82, 2.24) is 15.2 Å². The molecule has 2 rings (SSSR count).